The fraction of sp³-hybridized carbons (Fsp3) is 0.417. The Labute approximate surface area is 112 Å². The lowest BCUT2D eigenvalue weighted by atomic mass is 10.1. The summed E-state index contributed by atoms with van der Waals surface area (Å²) >= 11 is 1.82. The van der Waals surface area contributed by atoms with Gasteiger partial charge in [0.15, 0.2) is 9.84 Å². The van der Waals surface area contributed by atoms with Crippen LogP contribution < -0.4 is 5.43 Å². The van der Waals surface area contributed by atoms with Crippen LogP contribution in [0.15, 0.2) is 34.3 Å². The first-order valence-electron chi connectivity index (χ1n) is 5.75. The third-order valence-corrected chi connectivity index (χ3v) is 5.19. The Bertz CT molecular complexity index is 550. The first-order chi connectivity index (χ1) is 8.52. The number of thioether (sulfide) groups is 1. The number of hydrogen-bond acceptors (Lipinski definition) is 5. The van der Waals surface area contributed by atoms with Crippen LogP contribution in [0.2, 0.25) is 0 Å². The fourth-order valence-corrected chi connectivity index (χ4v) is 3.39. The molecule has 0 aliphatic carbocycles. The molecule has 1 heterocycles. The van der Waals surface area contributed by atoms with E-state index >= 15 is 0 Å². The molecule has 0 radical (unpaired) electrons. The number of hydrogen-bond donors (Lipinski definition) is 1. The summed E-state index contributed by atoms with van der Waals surface area (Å²) in [4.78, 5) is 0.344. The first kappa shape index (κ1) is 13.4. The summed E-state index contributed by atoms with van der Waals surface area (Å²) in [7, 11) is -3.13. The average Bonchev–Trinajstić information content (AvgIpc) is 2.38. The van der Waals surface area contributed by atoms with E-state index in [4.69, 9.17) is 0 Å². The second-order valence-electron chi connectivity index (χ2n) is 4.16. The summed E-state index contributed by atoms with van der Waals surface area (Å²) in [6, 6.07) is 6.93. The smallest absolute Gasteiger partial charge is 0.175 e. The maximum absolute atomic E-state index is 11.4. The fourth-order valence-electron chi connectivity index (χ4n) is 1.84. The Kier molecular flexibility index (Phi) is 3.97. The quantitative estimate of drug-likeness (QED) is 0.920. The first-order valence-corrected chi connectivity index (χ1v) is 8.69. The molecular weight excluding hydrogens is 268 g/mol. The number of sulfone groups is 1. The molecule has 1 aliphatic heterocycles. The highest BCUT2D eigenvalue weighted by Gasteiger charge is 2.20. The monoisotopic (exact) mass is 284 g/mol. The van der Waals surface area contributed by atoms with E-state index in [9.17, 15) is 8.42 Å². The zero-order valence-electron chi connectivity index (χ0n) is 10.4. The predicted octanol–water partition coefficient (Wildman–Crippen LogP) is 1.87. The number of benzene rings is 1. The summed E-state index contributed by atoms with van der Waals surface area (Å²) in [6.45, 7) is 2.13. The normalized spacial score (nSPS) is 20.1. The van der Waals surface area contributed by atoms with Gasteiger partial charge < -0.3 is 0 Å². The SMILES string of the molecule is CCC1SCNN=C1c1ccc(S(C)(=O)=O)cc1. The van der Waals surface area contributed by atoms with E-state index in [1.165, 1.54) is 6.26 Å². The minimum atomic E-state index is -3.13. The van der Waals surface area contributed by atoms with Gasteiger partial charge in [-0.15, -0.1) is 11.8 Å². The van der Waals surface area contributed by atoms with Gasteiger partial charge in [-0.2, -0.15) is 5.10 Å². The Morgan fingerprint density at radius 3 is 2.61 bits per heavy atom. The molecule has 1 N–H and O–H groups in total. The Hall–Kier alpha value is -1.01. The van der Waals surface area contributed by atoms with Crippen LogP contribution >= 0.6 is 11.8 Å². The van der Waals surface area contributed by atoms with Crippen LogP contribution in [0.4, 0.5) is 0 Å². The van der Waals surface area contributed by atoms with Gasteiger partial charge in [-0.3, -0.25) is 5.43 Å². The van der Waals surface area contributed by atoms with Crippen molar-refractivity contribution in [2.24, 2.45) is 5.10 Å². The van der Waals surface area contributed by atoms with E-state index in [0.717, 1.165) is 23.6 Å². The molecule has 18 heavy (non-hydrogen) atoms. The van der Waals surface area contributed by atoms with Crippen LogP contribution in [-0.4, -0.2) is 31.5 Å². The van der Waals surface area contributed by atoms with E-state index in [0.29, 0.717) is 10.1 Å². The molecule has 0 spiro atoms. The van der Waals surface area contributed by atoms with Crippen molar-refractivity contribution in [3.05, 3.63) is 29.8 Å². The van der Waals surface area contributed by atoms with E-state index in [1.807, 2.05) is 23.9 Å². The van der Waals surface area contributed by atoms with Gasteiger partial charge in [0.2, 0.25) is 0 Å². The van der Waals surface area contributed by atoms with Gasteiger partial charge in [-0.05, 0) is 24.1 Å². The molecule has 2 rings (SSSR count). The standard InChI is InChI=1S/C12H16N2O2S2/c1-3-11-12(14-13-8-17-11)9-4-6-10(7-5-9)18(2,15)16/h4-7,11,13H,3,8H2,1-2H3. The van der Waals surface area contributed by atoms with Crippen LogP contribution in [0, 0.1) is 0 Å². The average molecular weight is 284 g/mol. The second-order valence-corrected chi connectivity index (χ2v) is 7.37. The maximum atomic E-state index is 11.4. The maximum Gasteiger partial charge on any atom is 0.175 e. The topological polar surface area (TPSA) is 58.5 Å². The lowest BCUT2D eigenvalue weighted by Crippen LogP contribution is -2.28. The van der Waals surface area contributed by atoms with Crippen molar-refractivity contribution in [2.75, 3.05) is 12.1 Å². The van der Waals surface area contributed by atoms with Crippen molar-refractivity contribution in [1.29, 1.82) is 0 Å². The third-order valence-electron chi connectivity index (χ3n) is 2.80. The molecule has 0 saturated carbocycles. The molecule has 0 fully saturated rings. The summed E-state index contributed by atoms with van der Waals surface area (Å²) in [6.07, 6.45) is 2.23. The number of rotatable bonds is 3. The van der Waals surface area contributed by atoms with Gasteiger partial charge in [-0.25, -0.2) is 8.42 Å². The Morgan fingerprint density at radius 2 is 2.06 bits per heavy atom. The third kappa shape index (κ3) is 2.87. The van der Waals surface area contributed by atoms with Gasteiger partial charge >= 0.3 is 0 Å². The summed E-state index contributed by atoms with van der Waals surface area (Å²) in [5.74, 6) is 0.823. The molecule has 1 aliphatic rings. The molecule has 4 nitrogen and oxygen atoms in total. The van der Waals surface area contributed by atoms with Crippen LogP contribution in [0.1, 0.15) is 18.9 Å². The molecular formula is C12H16N2O2S2. The second kappa shape index (κ2) is 5.32. The highest BCUT2D eigenvalue weighted by molar-refractivity contribution is 8.00. The van der Waals surface area contributed by atoms with Crippen molar-refractivity contribution >= 4 is 27.3 Å². The number of nitrogens with zero attached hydrogens (tertiary/aromatic N) is 1. The molecule has 6 heteroatoms. The van der Waals surface area contributed by atoms with Gasteiger partial charge in [0.05, 0.1) is 21.7 Å². The van der Waals surface area contributed by atoms with E-state index in [-0.39, 0.29) is 0 Å². The van der Waals surface area contributed by atoms with Crippen LogP contribution in [0.25, 0.3) is 0 Å². The highest BCUT2D eigenvalue weighted by Crippen LogP contribution is 2.23. The minimum Gasteiger partial charge on any atom is -0.300 e. The summed E-state index contributed by atoms with van der Waals surface area (Å²) in [5.41, 5.74) is 4.95. The van der Waals surface area contributed by atoms with Gasteiger partial charge in [-0.1, -0.05) is 19.1 Å². The lowest BCUT2D eigenvalue weighted by Gasteiger charge is -2.22. The lowest BCUT2D eigenvalue weighted by molar-refractivity contribution is 0.602. The molecule has 0 aromatic heterocycles. The van der Waals surface area contributed by atoms with Crippen LogP contribution in [0.5, 0.6) is 0 Å². The zero-order chi connectivity index (χ0) is 13.2. The molecule has 1 aromatic carbocycles. The van der Waals surface area contributed by atoms with E-state index in [1.54, 1.807) is 12.1 Å². The Balaban J connectivity index is 2.32. The van der Waals surface area contributed by atoms with Crippen LogP contribution in [-0.2, 0) is 9.84 Å². The van der Waals surface area contributed by atoms with Crippen LogP contribution in [0.3, 0.4) is 0 Å². The van der Waals surface area contributed by atoms with Crippen molar-refractivity contribution in [3.8, 4) is 0 Å². The van der Waals surface area contributed by atoms with Crippen molar-refractivity contribution < 1.29 is 8.42 Å². The van der Waals surface area contributed by atoms with Gasteiger partial charge in [0, 0.05) is 6.26 Å². The zero-order valence-corrected chi connectivity index (χ0v) is 12.0. The van der Waals surface area contributed by atoms with Gasteiger partial charge in [0.1, 0.15) is 0 Å². The van der Waals surface area contributed by atoms with E-state index in [2.05, 4.69) is 17.5 Å². The number of hydrazone groups is 1. The van der Waals surface area contributed by atoms with E-state index < -0.39 is 9.84 Å². The molecule has 0 amide bonds. The molecule has 0 saturated heterocycles. The highest BCUT2D eigenvalue weighted by atomic mass is 32.2. The minimum absolute atomic E-state index is 0.344. The molecule has 1 atom stereocenters. The summed E-state index contributed by atoms with van der Waals surface area (Å²) < 4.78 is 22.8. The predicted molar refractivity (Wildman–Crippen MR) is 75.8 cm³/mol. The Morgan fingerprint density at radius 1 is 1.39 bits per heavy atom. The molecule has 1 unspecified atom stereocenters. The molecule has 1 aromatic rings. The van der Waals surface area contributed by atoms with Crippen molar-refractivity contribution in [3.63, 3.8) is 0 Å². The van der Waals surface area contributed by atoms with Gasteiger partial charge in [0.25, 0.3) is 0 Å². The summed E-state index contributed by atoms with van der Waals surface area (Å²) in [5, 5.41) is 4.71. The largest absolute Gasteiger partial charge is 0.300 e. The molecule has 0 bridgehead atoms. The number of nitrogens with one attached hydrogen (secondary N) is 1. The van der Waals surface area contributed by atoms with Crippen molar-refractivity contribution in [2.45, 2.75) is 23.5 Å². The van der Waals surface area contributed by atoms with Crippen molar-refractivity contribution in [1.82, 2.24) is 5.43 Å². The molecule has 98 valence electrons.